The van der Waals surface area contributed by atoms with Gasteiger partial charge in [-0.1, -0.05) is 13.8 Å². The number of sulfone groups is 1. The second kappa shape index (κ2) is 10.8. The van der Waals surface area contributed by atoms with Crippen LogP contribution in [-0.2, 0) is 9.84 Å². The Balaban J connectivity index is 1.54. The monoisotopic (exact) mass is 525 g/mol. The van der Waals surface area contributed by atoms with Crippen molar-refractivity contribution in [1.82, 2.24) is 29.9 Å². The highest BCUT2D eigenvalue weighted by atomic mass is 32.2. The van der Waals surface area contributed by atoms with Gasteiger partial charge < -0.3 is 15.6 Å². The van der Waals surface area contributed by atoms with E-state index in [1.165, 1.54) is 17.4 Å². The van der Waals surface area contributed by atoms with Crippen molar-refractivity contribution < 1.29 is 8.42 Å². The van der Waals surface area contributed by atoms with Crippen LogP contribution in [0, 0.1) is 13.8 Å². The number of nitrogens with one attached hydrogen (secondary N) is 3. The van der Waals surface area contributed by atoms with Gasteiger partial charge in [-0.05, 0) is 76.3 Å². The molecule has 2 atom stereocenters. The average Bonchev–Trinajstić information content (AvgIpc) is 3.42. The number of hydrogen-bond acceptors (Lipinski definition) is 7. The Bertz CT molecular complexity index is 1500. The van der Waals surface area contributed by atoms with Crippen LogP contribution in [0.1, 0.15) is 63.1 Å². The lowest BCUT2D eigenvalue weighted by molar-refractivity contribution is 0.487. The maximum absolute atomic E-state index is 11.3. The third kappa shape index (κ3) is 6.13. The van der Waals surface area contributed by atoms with Crippen molar-refractivity contribution in [2.45, 2.75) is 72.4 Å². The number of aromatic amines is 1. The zero-order chi connectivity index (χ0) is 26.9. The van der Waals surface area contributed by atoms with Crippen LogP contribution in [-0.4, -0.2) is 63.6 Å². The zero-order valence-corrected chi connectivity index (χ0v) is 23.7. The molecule has 0 saturated heterocycles. The Morgan fingerprint density at radius 1 is 1.08 bits per heavy atom. The minimum Gasteiger partial charge on any atom is -0.368 e. The predicted octanol–water partition coefficient (Wildman–Crippen LogP) is 4.62. The van der Waals surface area contributed by atoms with Crippen LogP contribution in [0.5, 0.6) is 0 Å². The first-order chi connectivity index (χ1) is 17.4. The molecule has 0 aromatic carbocycles. The van der Waals surface area contributed by atoms with Gasteiger partial charge in [-0.2, -0.15) is 5.10 Å². The van der Waals surface area contributed by atoms with Gasteiger partial charge in [0.2, 0.25) is 0 Å². The van der Waals surface area contributed by atoms with E-state index in [1.807, 2.05) is 16.8 Å². The molecule has 0 aliphatic carbocycles. The Morgan fingerprint density at radius 3 is 2.54 bits per heavy atom. The molecule has 9 nitrogen and oxygen atoms in total. The Kier molecular flexibility index (Phi) is 7.89. The lowest BCUT2D eigenvalue weighted by Gasteiger charge is -2.20. The van der Waals surface area contributed by atoms with E-state index in [2.05, 4.69) is 73.3 Å². The average molecular weight is 526 g/mol. The molecule has 200 valence electrons. The molecule has 3 N–H and O–H groups in total. The molecule has 4 heterocycles. The first kappa shape index (κ1) is 27.1. The van der Waals surface area contributed by atoms with Crippen molar-refractivity contribution in [3.63, 3.8) is 0 Å². The molecule has 0 radical (unpaired) electrons. The highest BCUT2D eigenvalue weighted by molar-refractivity contribution is 7.90. The van der Waals surface area contributed by atoms with Gasteiger partial charge in [-0.25, -0.2) is 22.9 Å². The first-order valence-electron chi connectivity index (χ1n) is 12.9. The Morgan fingerprint density at radius 2 is 1.84 bits per heavy atom. The van der Waals surface area contributed by atoms with Crippen molar-refractivity contribution in [2.75, 3.05) is 23.9 Å². The molecule has 0 fully saturated rings. The van der Waals surface area contributed by atoms with Gasteiger partial charge in [-0.15, -0.1) is 0 Å². The summed E-state index contributed by atoms with van der Waals surface area (Å²) in [4.78, 5) is 13.1. The standard InChI is InChI=1S/C27H39N7O2S/c1-16(2)24-25(21-14-34-27(29-15-30-34)20(6)19(21)5)32-22-9-10-23(33-26(22)24)31-18(4)13-17(3)28-11-8-12-37(7,35)36/h9-10,14-18,28,32H,8,11-13H2,1-7H3,(H,31,33)/t17-,18-/m0/s1. The molecule has 4 aromatic rings. The van der Waals surface area contributed by atoms with Crippen molar-refractivity contribution in [1.29, 1.82) is 0 Å². The minimum absolute atomic E-state index is 0.197. The van der Waals surface area contributed by atoms with E-state index in [0.29, 0.717) is 13.0 Å². The summed E-state index contributed by atoms with van der Waals surface area (Å²) in [6.07, 6.45) is 6.44. The Hall–Kier alpha value is -2.98. The quantitative estimate of drug-likeness (QED) is 0.245. The van der Waals surface area contributed by atoms with E-state index in [1.54, 1.807) is 6.33 Å². The predicted molar refractivity (Wildman–Crippen MR) is 151 cm³/mol. The maximum atomic E-state index is 11.3. The van der Waals surface area contributed by atoms with Gasteiger partial charge in [0.15, 0.2) is 5.65 Å². The fourth-order valence-electron chi connectivity index (χ4n) is 5.00. The molecule has 0 bridgehead atoms. The third-order valence-electron chi connectivity index (χ3n) is 6.94. The van der Waals surface area contributed by atoms with Crippen LogP contribution in [0.15, 0.2) is 24.7 Å². The number of nitrogens with zero attached hydrogens (tertiary/aromatic N) is 4. The van der Waals surface area contributed by atoms with E-state index in [9.17, 15) is 8.42 Å². The maximum Gasteiger partial charge on any atom is 0.158 e. The first-order valence-corrected chi connectivity index (χ1v) is 15.0. The lowest BCUT2D eigenvalue weighted by Crippen LogP contribution is -2.33. The highest BCUT2D eigenvalue weighted by Gasteiger charge is 2.21. The number of anilines is 1. The minimum atomic E-state index is -2.91. The van der Waals surface area contributed by atoms with Crippen molar-refractivity contribution in [3.8, 4) is 11.3 Å². The van der Waals surface area contributed by atoms with Gasteiger partial charge in [-0.3, -0.25) is 0 Å². The largest absolute Gasteiger partial charge is 0.368 e. The van der Waals surface area contributed by atoms with E-state index >= 15 is 0 Å². The second-order valence-corrected chi connectivity index (χ2v) is 12.9. The Labute approximate surface area is 219 Å². The number of hydrogen-bond donors (Lipinski definition) is 3. The second-order valence-electron chi connectivity index (χ2n) is 10.6. The molecule has 0 amide bonds. The van der Waals surface area contributed by atoms with E-state index in [4.69, 9.17) is 4.98 Å². The zero-order valence-electron chi connectivity index (χ0n) is 22.9. The summed E-state index contributed by atoms with van der Waals surface area (Å²) in [6, 6.07) is 4.57. The summed E-state index contributed by atoms with van der Waals surface area (Å²) >= 11 is 0. The summed E-state index contributed by atoms with van der Waals surface area (Å²) in [5.74, 6) is 1.33. The lowest BCUT2D eigenvalue weighted by atomic mass is 9.95. The fraction of sp³-hybridized carbons (Fsp3) is 0.519. The van der Waals surface area contributed by atoms with Crippen LogP contribution in [0.25, 0.3) is 27.9 Å². The SMILES string of the molecule is Cc1c(-c2[nH]c3ccc(N[C@@H](C)C[C@H](C)NCCCS(C)(=O)=O)nc3c2C(C)C)cn2ncnc2c1C. The number of aromatic nitrogens is 5. The van der Waals surface area contributed by atoms with Gasteiger partial charge in [0.25, 0.3) is 0 Å². The molecule has 37 heavy (non-hydrogen) atoms. The van der Waals surface area contributed by atoms with Crippen LogP contribution in [0.4, 0.5) is 5.82 Å². The van der Waals surface area contributed by atoms with Crippen molar-refractivity contribution >= 4 is 32.3 Å². The molecule has 0 spiro atoms. The van der Waals surface area contributed by atoms with Crippen LogP contribution in [0.3, 0.4) is 0 Å². The summed E-state index contributed by atoms with van der Waals surface area (Å²) in [5.41, 5.74) is 8.53. The summed E-state index contributed by atoms with van der Waals surface area (Å²) in [6.45, 7) is 13.6. The van der Waals surface area contributed by atoms with Crippen molar-refractivity contribution in [2.24, 2.45) is 0 Å². The molecular formula is C27H39N7O2S. The summed E-state index contributed by atoms with van der Waals surface area (Å²) in [7, 11) is -2.91. The van der Waals surface area contributed by atoms with E-state index < -0.39 is 9.84 Å². The molecule has 0 aliphatic heterocycles. The third-order valence-corrected chi connectivity index (χ3v) is 7.97. The highest BCUT2D eigenvalue weighted by Crippen LogP contribution is 2.37. The number of H-pyrrole nitrogens is 1. The molecule has 4 aromatic heterocycles. The summed E-state index contributed by atoms with van der Waals surface area (Å²) in [5, 5.41) is 11.4. The van der Waals surface area contributed by atoms with Crippen LogP contribution >= 0.6 is 0 Å². The fourth-order valence-corrected chi connectivity index (χ4v) is 5.67. The van der Waals surface area contributed by atoms with E-state index in [-0.39, 0.29) is 23.8 Å². The summed E-state index contributed by atoms with van der Waals surface area (Å²) < 4.78 is 24.5. The van der Waals surface area contributed by atoms with Crippen LogP contribution < -0.4 is 10.6 Å². The van der Waals surface area contributed by atoms with Gasteiger partial charge in [0.05, 0.1) is 22.5 Å². The smallest absolute Gasteiger partial charge is 0.158 e. The van der Waals surface area contributed by atoms with Gasteiger partial charge in [0.1, 0.15) is 22.0 Å². The molecular weight excluding hydrogens is 486 g/mol. The number of aryl methyl sites for hydroxylation is 1. The number of pyridine rings is 2. The molecule has 10 heteroatoms. The molecule has 4 rings (SSSR count). The molecule has 0 unspecified atom stereocenters. The van der Waals surface area contributed by atoms with E-state index in [0.717, 1.165) is 45.7 Å². The van der Waals surface area contributed by atoms with Crippen LogP contribution in [0.2, 0.25) is 0 Å². The number of fused-ring (bicyclic) bond motifs is 2. The van der Waals surface area contributed by atoms with Gasteiger partial charge >= 0.3 is 0 Å². The number of rotatable bonds is 11. The normalized spacial score (nSPS) is 14.1. The van der Waals surface area contributed by atoms with Crippen molar-refractivity contribution in [3.05, 3.63) is 41.3 Å². The molecule has 0 saturated carbocycles. The topological polar surface area (TPSA) is 117 Å². The molecule has 0 aliphatic rings. The van der Waals surface area contributed by atoms with Gasteiger partial charge in [0, 0.05) is 35.7 Å².